The molecular formula is C24H32ClN5O2. The molecule has 0 unspecified atom stereocenters. The zero-order valence-corrected chi connectivity index (χ0v) is 19.6. The van der Waals surface area contributed by atoms with Crippen LogP contribution in [0.5, 0.6) is 0 Å². The van der Waals surface area contributed by atoms with Crippen LogP contribution >= 0.6 is 12.4 Å². The van der Waals surface area contributed by atoms with E-state index in [9.17, 15) is 10.1 Å². The number of pyridine rings is 1. The van der Waals surface area contributed by atoms with Crippen molar-refractivity contribution < 1.29 is 9.53 Å². The molecule has 8 heteroatoms. The van der Waals surface area contributed by atoms with E-state index in [1.165, 1.54) is 0 Å². The predicted octanol–water partition coefficient (Wildman–Crippen LogP) is 2.97. The number of carbonyl (C=O) groups is 1. The summed E-state index contributed by atoms with van der Waals surface area (Å²) in [4.78, 5) is 21.3. The van der Waals surface area contributed by atoms with Crippen molar-refractivity contribution in [1.29, 1.82) is 5.26 Å². The maximum Gasteiger partial charge on any atom is 0.223 e. The third kappa shape index (κ3) is 5.32. The highest BCUT2D eigenvalue weighted by atomic mass is 35.5. The minimum absolute atomic E-state index is 0. The van der Waals surface area contributed by atoms with Gasteiger partial charge in [-0.05, 0) is 64.0 Å². The highest BCUT2D eigenvalue weighted by molar-refractivity contribution is 5.95. The van der Waals surface area contributed by atoms with E-state index in [0.29, 0.717) is 12.1 Å². The molecule has 0 radical (unpaired) electrons. The molecule has 172 valence electrons. The molecule has 0 bridgehead atoms. The third-order valence-corrected chi connectivity index (χ3v) is 6.31. The summed E-state index contributed by atoms with van der Waals surface area (Å²) in [7, 11) is 0. The van der Waals surface area contributed by atoms with Crippen molar-refractivity contribution in [2.75, 3.05) is 44.2 Å². The van der Waals surface area contributed by atoms with E-state index in [2.05, 4.69) is 33.1 Å². The van der Waals surface area contributed by atoms with Crippen LogP contribution in [0.25, 0.3) is 10.9 Å². The Morgan fingerprint density at radius 1 is 1.28 bits per heavy atom. The van der Waals surface area contributed by atoms with E-state index >= 15 is 0 Å². The Morgan fingerprint density at radius 2 is 2.06 bits per heavy atom. The first-order chi connectivity index (χ1) is 15.1. The summed E-state index contributed by atoms with van der Waals surface area (Å²) in [6, 6.07) is 10.1. The number of nitriles is 1. The minimum Gasteiger partial charge on any atom is -0.370 e. The molecule has 2 atom stereocenters. The largest absolute Gasteiger partial charge is 0.370 e. The van der Waals surface area contributed by atoms with E-state index in [1.807, 2.05) is 31.2 Å². The molecule has 4 rings (SSSR count). The number of halogens is 1. The molecule has 2 aromatic rings. The summed E-state index contributed by atoms with van der Waals surface area (Å²) in [6.07, 6.45) is 3.77. The lowest BCUT2D eigenvalue weighted by Gasteiger charge is -2.41. The van der Waals surface area contributed by atoms with Crippen LogP contribution < -0.4 is 10.2 Å². The van der Waals surface area contributed by atoms with Crippen molar-refractivity contribution in [2.24, 2.45) is 5.92 Å². The van der Waals surface area contributed by atoms with Crippen LogP contribution in [0.15, 0.2) is 30.5 Å². The monoisotopic (exact) mass is 457 g/mol. The van der Waals surface area contributed by atoms with Gasteiger partial charge in [0.15, 0.2) is 0 Å². The first-order valence-electron chi connectivity index (χ1n) is 11.3. The number of hydrogen-bond acceptors (Lipinski definition) is 6. The smallest absolute Gasteiger partial charge is 0.223 e. The second-order valence-electron chi connectivity index (χ2n) is 8.59. The van der Waals surface area contributed by atoms with E-state index in [1.54, 1.807) is 6.20 Å². The molecule has 0 saturated carbocycles. The number of fused-ring (bicyclic) bond motifs is 1. The lowest BCUT2D eigenvalue weighted by atomic mass is 9.95. The molecule has 0 aliphatic carbocycles. The number of hydrogen-bond donors (Lipinski definition) is 1. The molecule has 0 spiro atoms. The van der Waals surface area contributed by atoms with E-state index in [4.69, 9.17) is 4.74 Å². The number of amides is 1. The van der Waals surface area contributed by atoms with Gasteiger partial charge in [-0.15, -0.1) is 12.4 Å². The minimum atomic E-state index is 0. The van der Waals surface area contributed by atoms with Crippen molar-refractivity contribution in [2.45, 2.75) is 38.9 Å². The standard InChI is InChI=1S/C24H31N5O2.ClH/c1-3-26-24(30)18-8-11-28(12-9-18)15-20-16-29(14-17(2)31-20)22-7-6-19(13-25)23-21(22)5-4-10-27-23;/h4-7,10,17-18,20H,3,8-9,11-12,14-16H2,1-2H3,(H,26,30);1H/t17-,20+;/m1./s1. The third-order valence-electron chi connectivity index (χ3n) is 6.31. The van der Waals surface area contributed by atoms with Gasteiger partial charge in [0.05, 0.1) is 23.3 Å². The quantitative estimate of drug-likeness (QED) is 0.743. The number of aromatic nitrogens is 1. The first-order valence-corrected chi connectivity index (χ1v) is 11.3. The molecule has 1 aromatic carbocycles. The Bertz CT molecular complexity index is 971. The first kappa shape index (κ1) is 24.2. The Balaban J connectivity index is 0.00000289. The van der Waals surface area contributed by atoms with Gasteiger partial charge in [-0.2, -0.15) is 5.26 Å². The summed E-state index contributed by atoms with van der Waals surface area (Å²) in [5, 5.41) is 13.4. The Labute approximate surface area is 196 Å². The number of carbonyl (C=O) groups excluding carboxylic acids is 1. The van der Waals surface area contributed by atoms with Gasteiger partial charge in [0.25, 0.3) is 0 Å². The summed E-state index contributed by atoms with van der Waals surface area (Å²) in [5.41, 5.74) is 2.47. The van der Waals surface area contributed by atoms with Crippen molar-refractivity contribution in [1.82, 2.24) is 15.2 Å². The fourth-order valence-corrected chi connectivity index (χ4v) is 4.85. The molecule has 1 amide bonds. The molecule has 32 heavy (non-hydrogen) atoms. The number of rotatable bonds is 5. The highest BCUT2D eigenvalue weighted by Crippen LogP contribution is 2.30. The van der Waals surface area contributed by atoms with Crippen molar-refractivity contribution >= 4 is 34.9 Å². The van der Waals surface area contributed by atoms with Crippen LogP contribution in [0.3, 0.4) is 0 Å². The average molecular weight is 458 g/mol. The second-order valence-corrected chi connectivity index (χ2v) is 8.59. The maximum absolute atomic E-state index is 12.1. The lowest BCUT2D eigenvalue weighted by molar-refractivity contribution is -0.126. The van der Waals surface area contributed by atoms with Crippen molar-refractivity contribution in [3.05, 3.63) is 36.0 Å². The van der Waals surface area contributed by atoms with Gasteiger partial charge >= 0.3 is 0 Å². The fourth-order valence-electron chi connectivity index (χ4n) is 4.85. The average Bonchev–Trinajstić information content (AvgIpc) is 2.78. The Hall–Kier alpha value is -2.40. The van der Waals surface area contributed by atoms with Gasteiger partial charge in [-0.1, -0.05) is 0 Å². The van der Waals surface area contributed by atoms with Crippen LogP contribution in [-0.4, -0.2) is 67.3 Å². The molecule has 3 heterocycles. The number of benzene rings is 1. The number of nitrogens with zero attached hydrogens (tertiary/aromatic N) is 4. The number of ether oxygens (including phenoxy) is 1. The number of nitrogens with one attached hydrogen (secondary N) is 1. The molecular weight excluding hydrogens is 426 g/mol. The molecule has 7 nitrogen and oxygen atoms in total. The van der Waals surface area contributed by atoms with Crippen molar-refractivity contribution in [3.63, 3.8) is 0 Å². The Morgan fingerprint density at radius 3 is 2.78 bits per heavy atom. The summed E-state index contributed by atoms with van der Waals surface area (Å²) in [5.74, 6) is 0.327. The molecule has 1 aromatic heterocycles. The van der Waals surface area contributed by atoms with E-state index < -0.39 is 0 Å². The van der Waals surface area contributed by atoms with Crippen LogP contribution in [0.4, 0.5) is 5.69 Å². The van der Waals surface area contributed by atoms with E-state index in [-0.39, 0.29) is 36.4 Å². The molecule has 1 N–H and O–H groups in total. The van der Waals surface area contributed by atoms with Crippen LogP contribution in [-0.2, 0) is 9.53 Å². The zero-order chi connectivity index (χ0) is 21.8. The SMILES string of the molecule is CCNC(=O)C1CCN(C[C@H]2CN(c3ccc(C#N)c4ncccc34)C[C@@H](C)O2)CC1.Cl. The van der Waals surface area contributed by atoms with Gasteiger partial charge < -0.3 is 19.9 Å². The van der Waals surface area contributed by atoms with Crippen molar-refractivity contribution in [3.8, 4) is 6.07 Å². The normalized spacial score (nSPS) is 22.2. The lowest BCUT2D eigenvalue weighted by Crippen LogP contribution is -2.52. The van der Waals surface area contributed by atoms with Crippen LogP contribution in [0, 0.1) is 17.2 Å². The fraction of sp³-hybridized carbons (Fsp3) is 0.542. The van der Waals surface area contributed by atoms with E-state index in [0.717, 1.165) is 62.2 Å². The second kappa shape index (κ2) is 11.0. The van der Waals surface area contributed by atoms with Gasteiger partial charge in [-0.25, -0.2) is 0 Å². The van der Waals surface area contributed by atoms with Gasteiger partial charge in [0, 0.05) is 49.4 Å². The molecule has 2 aliphatic rings. The Kier molecular flexibility index (Phi) is 8.30. The molecule has 2 fully saturated rings. The summed E-state index contributed by atoms with van der Waals surface area (Å²) >= 11 is 0. The van der Waals surface area contributed by atoms with Gasteiger partial charge in [0.2, 0.25) is 5.91 Å². The van der Waals surface area contributed by atoms with Crippen LogP contribution in [0.1, 0.15) is 32.3 Å². The molecule has 2 aliphatic heterocycles. The number of anilines is 1. The summed E-state index contributed by atoms with van der Waals surface area (Å²) in [6.45, 7) is 9.12. The molecule has 2 saturated heterocycles. The number of piperidine rings is 1. The zero-order valence-electron chi connectivity index (χ0n) is 18.8. The van der Waals surface area contributed by atoms with Gasteiger partial charge in [0.1, 0.15) is 6.07 Å². The number of likely N-dealkylation sites (tertiary alicyclic amines) is 1. The number of morpholine rings is 1. The highest BCUT2D eigenvalue weighted by Gasteiger charge is 2.30. The maximum atomic E-state index is 12.1. The van der Waals surface area contributed by atoms with Crippen LogP contribution in [0.2, 0.25) is 0 Å². The topological polar surface area (TPSA) is 81.5 Å². The summed E-state index contributed by atoms with van der Waals surface area (Å²) < 4.78 is 6.28. The van der Waals surface area contributed by atoms with Gasteiger partial charge in [-0.3, -0.25) is 9.78 Å². The predicted molar refractivity (Wildman–Crippen MR) is 128 cm³/mol.